The molecule has 1 aromatic heterocycles. The lowest BCUT2D eigenvalue weighted by Gasteiger charge is -2.32. The fourth-order valence-electron chi connectivity index (χ4n) is 5.13. The highest BCUT2D eigenvalue weighted by Crippen LogP contribution is 2.36. The third kappa shape index (κ3) is 7.17. The van der Waals surface area contributed by atoms with Crippen molar-refractivity contribution >= 4 is 29.1 Å². The van der Waals surface area contributed by atoms with Crippen LogP contribution in [0.2, 0.25) is 0 Å². The molecular formula is C29H37F2N5O4S. The van der Waals surface area contributed by atoms with E-state index in [-0.39, 0.29) is 37.9 Å². The van der Waals surface area contributed by atoms with Gasteiger partial charge in [0.25, 0.3) is 0 Å². The minimum atomic E-state index is -1.04. The molecule has 3 heterocycles. The van der Waals surface area contributed by atoms with Gasteiger partial charge in [0, 0.05) is 43.0 Å². The maximum absolute atomic E-state index is 14.8. The number of carbonyl (C=O) groups excluding carboxylic acids is 1. The zero-order valence-electron chi connectivity index (χ0n) is 23.7. The predicted molar refractivity (Wildman–Crippen MR) is 153 cm³/mol. The van der Waals surface area contributed by atoms with E-state index < -0.39 is 35.4 Å². The summed E-state index contributed by atoms with van der Waals surface area (Å²) < 4.78 is 34.9. The Labute approximate surface area is 242 Å². The Morgan fingerprint density at radius 1 is 1.34 bits per heavy atom. The fraction of sp³-hybridized carbons (Fsp3) is 0.517. The normalized spacial score (nSPS) is 21.5. The number of alkyl halides is 1. The highest BCUT2D eigenvalue weighted by molar-refractivity contribution is 7.11. The Hall–Kier alpha value is -3.22. The molecule has 0 aliphatic carbocycles. The van der Waals surface area contributed by atoms with E-state index >= 15 is 0 Å². The van der Waals surface area contributed by atoms with E-state index in [2.05, 4.69) is 15.6 Å². The van der Waals surface area contributed by atoms with Crippen molar-refractivity contribution in [3.05, 3.63) is 63.0 Å². The first-order valence-corrected chi connectivity index (χ1v) is 14.6. The van der Waals surface area contributed by atoms with Gasteiger partial charge in [0.15, 0.2) is 10.8 Å². The van der Waals surface area contributed by atoms with Crippen LogP contribution < -0.4 is 10.6 Å². The maximum Gasteiger partial charge on any atom is 0.338 e. The molecule has 1 fully saturated rings. The van der Waals surface area contributed by atoms with E-state index in [0.29, 0.717) is 47.1 Å². The van der Waals surface area contributed by atoms with Crippen molar-refractivity contribution in [2.45, 2.75) is 58.8 Å². The van der Waals surface area contributed by atoms with Gasteiger partial charge in [-0.1, -0.05) is 12.1 Å². The van der Waals surface area contributed by atoms with Crippen molar-refractivity contribution in [2.75, 3.05) is 32.8 Å². The number of carboxylic acid groups (broad SMARTS) is 1. The molecule has 12 heteroatoms. The van der Waals surface area contributed by atoms with Crippen molar-refractivity contribution in [3.63, 3.8) is 0 Å². The highest BCUT2D eigenvalue weighted by Gasteiger charge is 2.38. The van der Waals surface area contributed by atoms with Crippen molar-refractivity contribution in [2.24, 2.45) is 10.4 Å². The van der Waals surface area contributed by atoms with Crippen LogP contribution in [0.25, 0.3) is 0 Å². The number of nitrogens with one attached hydrogen (secondary N) is 2. The van der Waals surface area contributed by atoms with Gasteiger partial charge in [0.05, 0.1) is 17.6 Å². The summed E-state index contributed by atoms with van der Waals surface area (Å²) in [6.45, 7) is 8.01. The summed E-state index contributed by atoms with van der Waals surface area (Å²) in [6, 6.07) is 3.71. The average Bonchev–Trinajstić information content (AvgIpc) is 3.58. The molecule has 0 amide bonds. The van der Waals surface area contributed by atoms with Gasteiger partial charge in [0.1, 0.15) is 18.0 Å². The van der Waals surface area contributed by atoms with E-state index in [1.807, 2.05) is 10.3 Å². The molecule has 0 radical (unpaired) electrons. The van der Waals surface area contributed by atoms with Crippen molar-refractivity contribution in [3.8, 4) is 0 Å². The number of thiazole rings is 1. The fourth-order valence-corrected chi connectivity index (χ4v) is 5.72. The average molecular weight is 590 g/mol. The Balaban J connectivity index is 1.65. The Morgan fingerprint density at radius 3 is 2.80 bits per heavy atom. The minimum Gasteiger partial charge on any atom is -0.481 e. The third-order valence-corrected chi connectivity index (χ3v) is 8.28. The second kappa shape index (κ2) is 13.2. The number of carbonyl (C=O) groups is 2. The van der Waals surface area contributed by atoms with Gasteiger partial charge in [-0.25, -0.2) is 18.6 Å². The largest absolute Gasteiger partial charge is 0.481 e. The summed E-state index contributed by atoms with van der Waals surface area (Å²) in [7, 11) is 0. The van der Waals surface area contributed by atoms with Crippen LogP contribution in [0.1, 0.15) is 55.8 Å². The first kappa shape index (κ1) is 30.7. The summed E-state index contributed by atoms with van der Waals surface area (Å²) >= 11 is 1.38. The van der Waals surface area contributed by atoms with Crippen LogP contribution >= 0.6 is 11.3 Å². The van der Waals surface area contributed by atoms with Gasteiger partial charge in [0.2, 0.25) is 0 Å². The van der Waals surface area contributed by atoms with Crippen LogP contribution in [-0.2, 0) is 14.3 Å². The molecule has 3 atom stereocenters. The van der Waals surface area contributed by atoms with E-state index in [1.54, 1.807) is 46.0 Å². The molecule has 1 saturated heterocycles. The molecule has 4 rings (SSSR count). The lowest BCUT2D eigenvalue weighted by atomic mass is 9.92. The Bertz CT molecular complexity index is 1310. The van der Waals surface area contributed by atoms with Gasteiger partial charge in [-0.2, -0.15) is 0 Å². The lowest BCUT2D eigenvalue weighted by Crippen LogP contribution is -2.42. The molecule has 2 aromatic rings. The first-order valence-electron chi connectivity index (χ1n) is 13.7. The first-order chi connectivity index (χ1) is 19.5. The smallest absolute Gasteiger partial charge is 0.338 e. The number of hydrogen-bond donors (Lipinski definition) is 3. The molecule has 3 N–H and O–H groups in total. The van der Waals surface area contributed by atoms with Crippen LogP contribution in [0, 0.1) is 18.2 Å². The molecule has 0 bridgehead atoms. The second-order valence-corrected chi connectivity index (χ2v) is 11.9. The molecule has 9 nitrogen and oxygen atoms in total. The van der Waals surface area contributed by atoms with E-state index in [9.17, 15) is 23.5 Å². The van der Waals surface area contributed by atoms with Gasteiger partial charge in [-0.15, -0.1) is 11.3 Å². The number of halogens is 2. The van der Waals surface area contributed by atoms with Gasteiger partial charge in [-0.3, -0.25) is 14.7 Å². The number of ether oxygens (including phenoxy) is 1. The SMILES string of the molecule is CCOC(=O)C1=C(CN2CC(F)C[C@@H]2CCNCC(C)(C)C(=O)O)NC(c2nccs2)=N[C@H]1c1cccc(F)c1C. The number of carboxylic acids is 1. The van der Waals surface area contributed by atoms with Gasteiger partial charge < -0.3 is 20.5 Å². The maximum atomic E-state index is 14.8. The van der Waals surface area contributed by atoms with Crippen LogP contribution in [-0.4, -0.2) is 77.8 Å². The van der Waals surface area contributed by atoms with Crippen LogP contribution in [0.5, 0.6) is 0 Å². The summed E-state index contributed by atoms with van der Waals surface area (Å²) in [6.07, 6.45) is 1.53. The van der Waals surface area contributed by atoms with E-state index in [4.69, 9.17) is 9.73 Å². The van der Waals surface area contributed by atoms with Crippen molar-refractivity contribution in [1.29, 1.82) is 0 Å². The molecule has 0 saturated carbocycles. The Kier molecular flexibility index (Phi) is 9.88. The number of aliphatic carboxylic acids is 1. The van der Waals surface area contributed by atoms with E-state index in [0.717, 1.165) is 0 Å². The standard InChI is InChI=1S/C29H37F2N5O4S/c1-5-40-27(37)23-22(15-36-14-18(30)13-19(36)9-10-32-16-29(3,4)28(38)39)34-25(26-33-11-12-41-26)35-24(23)20-7-6-8-21(31)17(20)2/h6-8,11-12,18-19,24,32H,5,9-10,13-16H2,1-4H3,(H,34,35)(H,38,39)/t18?,19-,24-/m0/s1. The number of esters is 1. The molecule has 2 aliphatic rings. The number of rotatable bonds is 12. The Morgan fingerprint density at radius 2 is 2.12 bits per heavy atom. The van der Waals surface area contributed by atoms with Gasteiger partial charge in [-0.05, 0) is 64.3 Å². The number of amidine groups is 1. The van der Waals surface area contributed by atoms with Crippen LogP contribution in [0.15, 0.2) is 46.0 Å². The summed E-state index contributed by atoms with van der Waals surface area (Å²) in [5, 5.41) is 18.3. The van der Waals surface area contributed by atoms with E-state index in [1.165, 1.54) is 17.4 Å². The summed E-state index contributed by atoms with van der Waals surface area (Å²) in [5.41, 5.74) is 0.757. The number of hydrogen-bond acceptors (Lipinski definition) is 9. The number of likely N-dealkylation sites (tertiary alicyclic amines) is 1. The molecule has 222 valence electrons. The lowest BCUT2D eigenvalue weighted by molar-refractivity contribution is -0.146. The van der Waals surface area contributed by atoms with Crippen LogP contribution in [0.3, 0.4) is 0 Å². The molecular weight excluding hydrogens is 552 g/mol. The number of nitrogens with zero attached hydrogens (tertiary/aromatic N) is 3. The third-order valence-electron chi connectivity index (χ3n) is 7.50. The quantitative estimate of drug-likeness (QED) is 0.251. The predicted octanol–water partition coefficient (Wildman–Crippen LogP) is 4.00. The molecule has 2 aliphatic heterocycles. The topological polar surface area (TPSA) is 116 Å². The number of aromatic nitrogens is 1. The molecule has 0 spiro atoms. The van der Waals surface area contributed by atoms with Crippen molar-refractivity contribution < 1.29 is 28.2 Å². The molecule has 1 unspecified atom stereocenters. The summed E-state index contributed by atoms with van der Waals surface area (Å²) in [5.74, 6) is -1.42. The van der Waals surface area contributed by atoms with Crippen LogP contribution in [0.4, 0.5) is 8.78 Å². The second-order valence-electron chi connectivity index (χ2n) is 11.0. The summed E-state index contributed by atoms with van der Waals surface area (Å²) in [4.78, 5) is 36.0. The number of benzene rings is 1. The monoisotopic (exact) mass is 589 g/mol. The zero-order chi connectivity index (χ0) is 29.7. The highest BCUT2D eigenvalue weighted by atomic mass is 32.1. The van der Waals surface area contributed by atoms with Crippen molar-refractivity contribution in [1.82, 2.24) is 20.5 Å². The minimum absolute atomic E-state index is 0.139. The van der Waals surface area contributed by atoms with Gasteiger partial charge >= 0.3 is 11.9 Å². The zero-order valence-corrected chi connectivity index (χ0v) is 24.6. The molecule has 41 heavy (non-hydrogen) atoms. The molecule has 1 aromatic carbocycles. The number of aliphatic imine (C=N–C) groups is 1.